The number of piperidine rings is 2. The summed E-state index contributed by atoms with van der Waals surface area (Å²) >= 11 is 0. The highest BCUT2D eigenvalue weighted by Crippen LogP contribution is 2.16. The molecule has 6 nitrogen and oxygen atoms in total. The second-order valence-electron chi connectivity index (χ2n) is 6.49. The predicted molar refractivity (Wildman–Crippen MR) is 84.6 cm³/mol. The molecule has 2 heterocycles. The van der Waals surface area contributed by atoms with Crippen LogP contribution in [-0.4, -0.2) is 67.2 Å². The van der Waals surface area contributed by atoms with Gasteiger partial charge in [0.1, 0.15) is 0 Å². The van der Waals surface area contributed by atoms with Crippen LogP contribution in [0.5, 0.6) is 0 Å². The second kappa shape index (κ2) is 8.36. The third-order valence-electron chi connectivity index (χ3n) is 4.63. The molecule has 0 aromatic heterocycles. The van der Waals surface area contributed by atoms with Crippen molar-refractivity contribution >= 4 is 12.0 Å². The molecule has 2 aliphatic heterocycles. The van der Waals surface area contributed by atoms with Gasteiger partial charge in [0, 0.05) is 19.1 Å². The largest absolute Gasteiger partial charge is 0.450 e. The standard InChI is InChI=1S/C16H29N3O3/c1-3-22-16(21)19-10-6-14(7-11-19)17-15(20)12-18-8-4-13(2)5-9-18/h13-14H,3-12H2,1-2H3,(H,17,20). The molecular formula is C16H29N3O3. The number of likely N-dealkylation sites (tertiary alicyclic amines) is 2. The topological polar surface area (TPSA) is 61.9 Å². The number of ether oxygens (including phenoxy) is 1. The van der Waals surface area contributed by atoms with Crippen molar-refractivity contribution in [3.05, 3.63) is 0 Å². The highest BCUT2D eigenvalue weighted by atomic mass is 16.6. The number of rotatable bonds is 4. The molecule has 6 heteroatoms. The van der Waals surface area contributed by atoms with Crippen LogP contribution < -0.4 is 5.32 Å². The Labute approximate surface area is 133 Å². The molecule has 2 amide bonds. The monoisotopic (exact) mass is 311 g/mol. The zero-order valence-corrected chi connectivity index (χ0v) is 13.8. The highest BCUT2D eigenvalue weighted by Gasteiger charge is 2.25. The van der Waals surface area contributed by atoms with Crippen LogP contribution in [0.1, 0.15) is 39.5 Å². The second-order valence-corrected chi connectivity index (χ2v) is 6.49. The maximum atomic E-state index is 12.1. The Balaban J connectivity index is 1.65. The summed E-state index contributed by atoms with van der Waals surface area (Å²) in [5.41, 5.74) is 0. The normalized spacial score (nSPS) is 21.6. The molecule has 0 aromatic rings. The molecule has 126 valence electrons. The van der Waals surface area contributed by atoms with Crippen molar-refractivity contribution in [1.29, 1.82) is 0 Å². The molecule has 0 saturated carbocycles. The number of hydrogen-bond acceptors (Lipinski definition) is 4. The van der Waals surface area contributed by atoms with E-state index in [0.29, 0.717) is 26.2 Å². The Bertz CT molecular complexity index is 373. The number of amides is 2. The molecule has 0 unspecified atom stereocenters. The lowest BCUT2D eigenvalue weighted by Crippen LogP contribution is -2.49. The van der Waals surface area contributed by atoms with Crippen LogP contribution in [0.2, 0.25) is 0 Å². The fourth-order valence-electron chi connectivity index (χ4n) is 3.12. The van der Waals surface area contributed by atoms with E-state index in [1.54, 1.807) is 4.90 Å². The van der Waals surface area contributed by atoms with E-state index in [4.69, 9.17) is 4.74 Å². The Kier molecular flexibility index (Phi) is 6.49. The molecule has 2 saturated heterocycles. The van der Waals surface area contributed by atoms with Crippen molar-refractivity contribution in [3.8, 4) is 0 Å². The SMILES string of the molecule is CCOC(=O)N1CCC(NC(=O)CN2CCC(C)CC2)CC1. The van der Waals surface area contributed by atoms with Gasteiger partial charge in [-0.1, -0.05) is 6.92 Å². The van der Waals surface area contributed by atoms with Gasteiger partial charge in [0.15, 0.2) is 0 Å². The minimum absolute atomic E-state index is 0.115. The van der Waals surface area contributed by atoms with Crippen molar-refractivity contribution in [2.75, 3.05) is 39.3 Å². The summed E-state index contributed by atoms with van der Waals surface area (Å²) in [6.07, 6.45) is 3.74. The van der Waals surface area contributed by atoms with E-state index in [1.165, 1.54) is 12.8 Å². The summed E-state index contributed by atoms with van der Waals surface area (Å²) in [7, 11) is 0. The van der Waals surface area contributed by atoms with Gasteiger partial charge in [0.25, 0.3) is 0 Å². The Hall–Kier alpha value is -1.30. The lowest BCUT2D eigenvalue weighted by molar-refractivity contribution is -0.123. The molecule has 0 atom stereocenters. The zero-order valence-electron chi connectivity index (χ0n) is 13.8. The lowest BCUT2D eigenvalue weighted by Gasteiger charge is -2.33. The van der Waals surface area contributed by atoms with Gasteiger partial charge in [0.05, 0.1) is 13.2 Å². The summed E-state index contributed by atoms with van der Waals surface area (Å²) < 4.78 is 5.00. The van der Waals surface area contributed by atoms with Gasteiger partial charge >= 0.3 is 6.09 Å². The molecule has 0 aromatic carbocycles. The van der Waals surface area contributed by atoms with Gasteiger partial charge in [-0.3, -0.25) is 9.69 Å². The van der Waals surface area contributed by atoms with Gasteiger partial charge in [-0.25, -0.2) is 4.79 Å². The van der Waals surface area contributed by atoms with Crippen molar-refractivity contribution < 1.29 is 14.3 Å². The fraction of sp³-hybridized carbons (Fsp3) is 0.875. The summed E-state index contributed by atoms with van der Waals surface area (Å²) in [6, 6.07) is 0.182. The van der Waals surface area contributed by atoms with E-state index >= 15 is 0 Å². The average Bonchev–Trinajstić information content (AvgIpc) is 2.50. The number of nitrogens with zero attached hydrogens (tertiary/aromatic N) is 2. The van der Waals surface area contributed by atoms with E-state index in [9.17, 15) is 9.59 Å². The Morgan fingerprint density at radius 2 is 1.73 bits per heavy atom. The number of carbonyl (C=O) groups excluding carboxylic acids is 2. The maximum Gasteiger partial charge on any atom is 0.409 e. The molecule has 1 N–H and O–H groups in total. The minimum atomic E-state index is -0.241. The third kappa shape index (κ3) is 5.16. The first kappa shape index (κ1) is 17.1. The molecule has 2 rings (SSSR count). The lowest BCUT2D eigenvalue weighted by atomic mass is 9.99. The van der Waals surface area contributed by atoms with Crippen LogP contribution in [-0.2, 0) is 9.53 Å². The molecule has 0 aliphatic carbocycles. The van der Waals surface area contributed by atoms with Crippen LogP contribution >= 0.6 is 0 Å². The molecule has 2 aliphatic rings. The van der Waals surface area contributed by atoms with Crippen LogP contribution in [0.15, 0.2) is 0 Å². The van der Waals surface area contributed by atoms with Gasteiger partial charge in [-0.15, -0.1) is 0 Å². The van der Waals surface area contributed by atoms with Gasteiger partial charge in [-0.05, 0) is 51.6 Å². The first-order valence-electron chi connectivity index (χ1n) is 8.52. The number of hydrogen-bond donors (Lipinski definition) is 1. The molecule has 0 bridgehead atoms. The molecule has 22 heavy (non-hydrogen) atoms. The fourth-order valence-corrected chi connectivity index (χ4v) is 3.12. The highest BCUT2D eigenvalue weighted by molar-refractivity contribution is 5.78. The molecular weight excluding hydrogens is 282 g/mol. The molecule has 2 fully saturated rings. The molecule has 0 radical (unpaired) electrons. The van der Waals surface area contributed by atoms with Gasteiger partial charge < -0.3 is 15.0 Å². The Morgan fingerprint density at radius 1 is 1.09 bits per heavy atom. The van der Waals surface area contributed by atoms with Gasteiger partial charge in [0.2, 0.25) is 5.91 Å². The van der Waals surface area contributed by atoms with Crippen LogP contribution in [0, 0.1) is 5.92 Å². The van der Waals surface area contributed by atoms with E-state index in [1.807, 2.05) is 6.92 Å². The van der Waals surface area contributed by atoms with E-state index in [0.717, 1.165) is 31.8 Å². The van der Waals surface area contributed by atoms with E-state index < -0.39 is 0 Å². The number of carbonyl (C=O) groups is 2. The third-order valence-corrected chi connectivity index (χ3v) is 4.63. The average molecular weight is 311 g/mol. The Morgan fingerprint density at radius 3 is 2.32 bits per heavy atom. The van der Waals surface area contributed by atoms with Crippen molar-refractivity contribution in [2.45, 2.75) is 45.6 Å². The van der Waals surface area contributed by atoms with Gasteiger partial charge in [-0.2, -0.15) is 0 Å². The summed E-state index contributed by atoms with van der Waals surface area (Å²) in [6.45, 7) is 8.36. The summed E-state index contributed by atoms with van der Waals surface area (Å²) in [5, 5.41) is 3.11. The van der Waals surface area contributed by atoms with E-state index in [-0.39, 0.29) is 18.0 Å². The van der Waals surface area contributed by atoms with Crippen molar-refractivity contribution in [1.82, 2.24) is 15.1 Å². The van der Waals surface area contributed by atoms with Crippen LogP contribution in [0.4, 0.5) is 4.79 Å². The first-order valence-corrected chi connectivity index (χ1v) is 8.52. The predicted octanol–water partition coefficient (Wildman–Crippen LogP) is 1.46. The molecule has 0 spiro atoms. The summed E-state index contributed by atoms with van der Waals surface area (Å²) in [5.74, 6) is 0.899. The van der Waals surface area contributed by atoms with Crippen molar-refractivity contribution in [2.24, 2.45) is 5.92 Å². The number of nitrogens with one attached hydrogen (secondary N) is 1. The van der Waals surface area contributed by atoms with Crippen LogP contribution in [0.25, 0.3) is 0 Å². The minimum Gasteiger partial charge on any atom is -0.450 e. The van der Waals surface area contributed by atoms with E-state index in [2.05, 4.69) is 17.1 Å². The summed E-state index contributed by atoms with van der Waals surface area (Å²) in [4.78, 5) is 27.7. The van der Waals surface area contributed by atoms with Crippen LogP contribution in [0.3, 0.4) is 0 Å². The first-order chi connectivity index (χ1) is 10.6. The maximum absolute atomic E-state index is 12.1. The quantitative estimate of drug-likeness (QED) is 0.854. The van der Waals surface area contributed by atoms with Crippen molar-refractivity contribution in [3.63, 3.8) is 0 Å². The zero-order chi connectivity index (χ0) is 15.9. The smallest absolute Gasteiger partial charge is 0.409 e.